The molecule has 0 spiro atoms. The van der Waals surface area contributed by atoms with Crippen molar-refractivity contribution < 1.29 is 19.4 Å². The summed E-state index contributed by atoms with van der Waals surface area (Å²) >= 11 is 0. The lowest BCUT2D eigenvalue weighted by Gasteiger charge is -1.98. The Bertz CT molecular complexity index is 500. The maximum Gasteiger partial charge on any atom is 0.335 e. The molecule has 0 fully saturated rings. The first-order valence-corrected chi connectivity index (χ1v) is 5.59. The SMILES string of the molecule is C=CC(C=COC(=O)/C=C/c1ccccc1)C(=O)O. The van der Waals surface area contributed by atoms with Crippen LogP contribution in [0.3, 0.4) is 0 Å². The van der Waals surface area contributed by atoms with E-state index in [1.807, 2.05) is 30.3 Å². The quantitative estimate of drug-likeness (QED) is 0.369. The molecule has 1 N–H and O–H groups in total. The lowest BCUT2D eigenvalue weighted by molar-refractivity contribution is -0.139. The molecule has 0 bridgehead atoms. The Morgan fingerprint density at radius 3 is 2.53 bits per heavy atom. The van der Waals surface area contributed by atoms with Gasteiger partial charge in [-0.25, -0.2) is 4.79 Å². The summed E-state index contributed by atoms with van der Waals surface area (Å²) in [4.78, 5) is 22.0. The number of carboxylic acids is 1. The van der Waals surface area contributed by atoms with E-state index >= 15 is 0 Å². The molecular formula is C15H14O4. The summed E-state index contributed by atoms with van der Waals surface area (Å²) < 4.78 is 4.73. The summed E-state index contributed by atoms with van der Waals surface area (Å²) in [6, 6.07) is 9.27. The van der Waals surface area contributed by atoms with E-state index in [1.54, 1.807) is 6.08 Å². The number of benzene rings is 1. The molecule has 0 aliphatic rings. The maximum absolute atomic E-state index is 11.3. The molecule has 1 unspecified atom stereocenters. The lowest BCUT2D eigenvalue weighted by atomic mass is 10.1. The summed E-state index contributed by atoms with van der Waals surface area (Å²) in [6.45, 7) is 3.37. The van der Waals surface area contributed by atoms with Gasteiger partial charge in [-0.2, -0.15) is 0 Å². The lowest BCUT2D eigenvalue weighted by Crippen LogP contribution is -2.07. The summed E-state index contributed by atoms with van der Waals surface area (Å²) in [5.74, 6) is -2.50. The summed E-state index contributed by atoms with van der Waals surface area (Å²) in [7, 11) is 0. The smallest absolute Gasteiger partial charge is 0.335 e. The van der Waals surface area contributed by atoms with Crippen molar-refractivity contribution in [3.05, 3.63) is 67.0 Å². The van der Waals surface area contributed by atoms with E-state index in [-0.39, 0.29) is 0 Å². The minimum absolute atomic E-state index is 0.576. The van der Waals surface area contributed by atoms with Crippen molar-refractivity contribution in [3.8, 4) is 0 Å². The van der Waals surface area contributed by atoms with Crippen LogP contribution in [0.25, 0.3) is 6.08 Å². The largest absolute Gasteiger partial charge is 0.481 e. The highest BCUT2D eigenvalue weighted by Gasteiger charge is 2.08. The number of rotatable bonds is 6. The minimum Gasteiger partial charge on any atom is -0.481 e. The third kappa shape index (κ3) is 5.50. The number of aliphatic carboxylic acids is 1. The molecule has 0 aliphatic carbocycles. The zero-order valence-corrected chi connectivity index (χ0v) is 10.2. The fourth-order valence-electron chi connectivity index (χ4n) is 1.22. The Morgan fingerprint density at radius 1 is 1.26 bits per heavy atom. The second-order valence-electron chi connectivity index (χ2n) is 3.61. The van der Waals surface area contributed by atoms with E-state index in [2.05, 4.69) is 6.58 Å². The molecule has 1 aromatic rings. The van der Waals surface area contributed by atoms with Crippen LogP contribution < -0.4 is 0 Å². The number of carbonyl (C=O) groups excluding carboxylic acids is 1. The number of hydrogen-bond acceptors (Lipinski definition) is 3. The van der Waals surface area contributed by atoms with Gasteiger partial charge in [-0.05, 0) is 17.7 Å². The number of carbonyl (C=O) groups is 2. The monoisotopic (exact) mass is 258 g/mol. The Hall–Kier alpha value is -2.62. The molecular weight excluding hydrogens is 244 g/mol. The molecule has 0 aliphatic heterocycles. The molecule has 4 nitrogen and oxygen atoms in total. The zero-order chi connectivity index (χ0) is 14.1. The first-order chi connectivity index (χ1) is 9.13. The molecule has 0 radical (unpaired) electrons. The van der Waals surface area contributed by atoms with Crippen molar-refractivity contribution in [2.75, 3.05) is 0 Å². The Kier molecular flexibility index (Phi) is 5.82. The molecule has 0 amide bonds. The number of esters is 1. The van der Waals surface area contributed by atoms with Crippen molar-refractivity contribution in [3.63, 3.8) is 0 Å². The Labute approximate surface area is 111 Å². The molecule has 1 atom stereocenters. The van der Waals surface area contributed by atoms with Crippen LogP contribution in [0, 0.1) is 5.92 Å². The first-order valence-electron chi connectivity index (χ1n) is 5.59. The normalized spacial score (nSPS) is 12.4. The summed E-state index contributed by atoms with van der Waals surface area (Å²) in [5, 5.41) is 8.71. The fraction of sp³-hybridized carbons (Fsp3) is 0.0667. The van der Waals surface area contributed by atoms with E-state index in [9.17, 15) is 9.59 Å². The number of ether oxygens (including phenoxy) is 1. The van der Waals surface area contributed by atoms with Crippen LogP contribution in [0.15, 0.2) is 61.4 Å². The first kappa shape index (κ1) is 14.4. The average Bonchev–Trinajstić information content (AvgIpc) is 2.42. The summed E-state index contributed by atoms with van der Waals surface area (Å²) in [5.41, 5.74) is 0.873. The predicted octanol–water partition coefficient (Wildman–Crippen LogP) is 2.64. The fourth-order valence-corrected chi connectivity index (χ4v) is 1.22. The van der Waals surface area contributed by atoms with Crippen molar-refractivity contribution in [1.29, 1.82) is 0 Å². The highest BCUT2D eigenvalue weighted by Crippen LogP contribution is 2.03. The van der Waals surface area contributed by atoms with Crippen molar-refractivity contribution in [2.24, 2.45) is 5.92 Å². The highest BCUT2D eigenvalue weighted by atomic mass is 16.5. The van der Waals surface area contributed by atoms with Crippen LogP contribution >= 0.6 is 0 Å². The van der Waals surface area contributed by atoms with E-state index in [0.717, 1.165) is 11.8 Å². The predicted molar refractivity (Wildman–Crippen MR) is 72.0 cm³/mol. The highest BCUT2D eigenvalue weighted by molar-refractivity contribution is 5.87. The third-order valence-corrected chi connectivity index (χ3v) is 2.22. The van der Waals surface area contributed by atoms with Crippen LogP contribution in [0.4, 0.5) is 0 Å². The van der Waals surface area contributed by atoms with Gasteiger partial charge >= 0.3 is 11.9 Å². The van der Waals surface area contributed by atoms with Gasteiger partial charge in [-0.1, -0.05) is 36.4 Å². The molecule has 1 aromatic carbocycles. The number of carboxylic acid groups (broad SMARTS) is 1. The van der Waals surface area contributed by atoms with Gasteiger partial charge in [0.25, 0.3) is 0 Å². The molecule has 19 heavy (non-hydrogen) atoms. The molecule has 98 valence electrons. The third-order valence-electron chi connectivity index (χ3n) is 2.22. The molecule has 0 aromatic heterocycles. The van der Waals surface area contributed by atoms with Gasteiger partial charge in [-0.3, -0.25) is 4.79 Å². The van der Waals surface area contributed by atoms with Gasteiger partial charge in [0.2, 0.25) is 0 Å². The van der Waals surface area contributed by atoms with Crippen LogP contribution in [-0.2, 0) is 14.3 Å². The topological polar surface area (TPSA) is 63.6 Å². The standard InChI is InChI=1S/C15H14O4/c1-2-13(15(17)18)10-11-19-14(16)9-8-12-6-4-3-5-7-12/h2-11,13H,1H2,(H,17,18)/b9-8+,11-10?. The molecule has 0 saturated carbocycles. The van der Waals surface area contributed by atoms with Gasteiger partial charge in [0.15, 0.2) is 0 Å². The van der Waals surface area contributed by atoms with Crippen molar-refractivity contribution >= 4 is 18.0 Å². The Balaban J connectivity index is 2.48. The van der Waals surface area contributed by atoms with Gasteiger partial charge in [0, 0.05) is 6.08 Å². The van der Waals surface area contributed by atoms with Gasteiger partial charge < -0.3 is 9.84 Å². The number of hydrogen-bond donors (Lipinski definition) is 1. The zero-order valence-electron chi connectivity index (χ0n) is 10.2. The van der Waals surface area contributed by atoms with Gasteiger partial charge in [0.1, 0.15) is 0 Å². The van der Waals surface area contributed by atoms with E-state index in [0.29, 0.717) is 0 Å². The molecule has 0 saturated heterocycles. The van der Waals surface area contributed by atoms with E-state index < -0.39 is 17.9 Å². The van der Waals surface area contributed by atoms with Crippen molar-refractivity contribution in [1.82, 2.24) is 0 Å². The van der Waals surface area contributed by atoms with Crippen LogP contribution in [-0.4, -0.2) is 17.0 Å². The second kappa shape index (κ2) is 7.66. The van der Waals surface area contributed by atoms with Crippen LogP contribution in [0.5, 0.6) is 0 Å². The Morgan fingerprint density at radius 2 is 1.95 bits per heavy atom. The van der Waals surface area contributed by atoms with Gasteiger partial charge in [-0.15, -0.1) is 6.58 Å². The van der Waals surface area contributed by atoms with Gasteiger partial charge in [0.05, 0.1) is 12.2 Å². The molecule has 4 heteroatoms. The van der Waals surface area contributed by atoms with Crippen molar-refractivity contribution in [2.45, 2.75) is 0 Å². The molecule has 1 rings (SSSR count). The van der Waals surface area contributed by atoms with E-state index in [1.165, 1.54) is 18.2 Å². The van der Waals surface area contributed by atoms with Crippen LogP contribution in [0.1, 0.15) is 5.56 Å². The maximum atomic E-state index is 11.3. The second-order valence-corrected chi connectivity index (χ2v) is 3.61. The van der Waals surface area contributed by atoms with Crippen LogP contribution in [0.2, 0.25) is 0 Å². The van der Waals surface area contributed by atoms with E-state index in [4.69, 9.17) is 9.84 Å². The minimum atomic E-state index is -1.05. The summed E-state index contributed by atoms with van der Waals surface area (Å²) in [6.07, 6.45) is 6.41. The molecule has 0 heterocycles. The average molecular weight is 258 g/mol.